The molecule has 1 heterocycles. The van der Waals surface area contributed by atoms with Crippen LogP contribution in [0.1, 0.15) is 68.3 Å². The standard InChI is InChI=1S/C22H27N5O/c1-3-15(2)25-21(28)19-14-24-22(26-18-7-5-4-6-8-18)27-20(19)17-11-9-16(13-23)10-12-17/h9-12,14-15,18H,3-8H2,1-2H3,(H,25,28)(H,24,26,27). The van der Waals surface area contributed by atoms with Crippen molar-refractivity contribution in [1.29, 1.82) is 5.26 Å². The highest BCUT2D eigenvalue weighted by Crippen LogP contribution is 2.25. The Hall–Kier alpha value is -2.94. The molecule has 0 spiro atoms. The first-order chi connectivity index (χ1) is 13.6. The van der Waals surface area contributed by atoms with Gasteiger partial charge < -0.3 is 10.6 Å². The van der Waals surface area contributed by atoms with Gasteiger partial charge in [-0.05, 0) is 38.3 Å². The Kier molecular flexibility index (Phi) is 6.59. The summed E-state index contributed by atoms with van der Waals surface area (Å²) in [6.07, 6.45) is 8.40. The van der Waals surface area contributed by atoms with Crippen molar-refractivity contribution in [2.45, 2.75) is 64.5 Å². The van der Waals surface area contributed by atoms with Crippen molar-refractivity contribution in [3.8, 4) is 17.3 Å². The molecule has 0 radical (unpaired) electrons. The predicted molar refractivity (Wildman–Crippen MR) is 110 cm³/mol. The lowest BCUT2D eigenvalue weighted by Crippen LogP contribution is -2.32. The maximum Gasteiger partial charge on any atom is 0.255 e. The summed E-state index contributed by atoms with van der Waals surface area (Å²) in [5, 5.41) is 15.5. The van der Waals surface area contributed by atoms with Crippen LogP contribution in [0.4, 0.5) is 5.95 Å². The van der Waals surface area contributed by atoms with Gasteiger partial charge in [0.15, 0.2) is 0 Å². The summed E-state index contributed by atoms with van der Waals surface area (Å²) in [6, 6.07) is 9.69. The maximum atomic E-state index is 12.8. The van der Waals surface area contributed by atoms with E-state index in [4.69, 9.17) is 5.26 Å². The molecule has 1 aliphatic carbocycles. The van der Waals surface area contributed by atoms with Crippen LogP contribution in [0, 0.1) is 11.3 Å². The number of nitriles is 1. The third-order valence-electron chi connectivity index (χ3n) is 5.25. The van der Waals surface area contributed by atoms with Crippen LogP contribution in [0.15, 0.2) is 30.5 Å². The average molecular weight is 377 g/mol. The summed E-state index contributed by atoms with van der Waals surface area (Å²) in [5.74, 6) is 0.365. The monoisotopic (exact) mass is 377 g/mol. The summed E-state index contributed by atoms with van der Waals surface area (Å²) in [7, 11) is 0. The lowest BCUT2D eigenvalue weighted by Gasteiger charge is -2.23. The van der Waals surface area contributed by atoms with Gasteiger partial charge in [-0.2, -0.15) is 5.26 Å². The first-order valence-corrected chi connectivity index (χ1v) is 10.1. The van der Waals surface area contributed by atoms with Gasteiger partial charge in [0, 0.05) is 23.8 Å². The van der Waals surface area contributed by atoms with Crippen molar-refractivity contribution >= 4 is 11.9 Å². The molecule has 2 N–H and O–H groups in total. The molecule has 1 aromatic heterocycles. The fourth-order valence-electron chi connectivity index (χ4n) is 3.37. The molecule has 0 bridgehead atoms. The van der Waals surface area contributed by atoms with Crippen LogP contribution in [0.2, 0.25) is 0 Å². The normalized spacial score (nSPS) is 15.5. The summed E-state index contributed by atoms with van der Waals surface area (Å²) >= 11 is 0. The molecule has 0 aliphatic heterocycles. The van der Waals surface area contributed by atoms with E-state index in [1.54, 1.807) is 18.3 Å². The van der Waals surface area contributed by atoms with E-state index in [0.29, 0.717) is 28.8 Å². The van der Waals surface area contributed by atoms with Crippen LogP contribution in [0.5, 0.6) is 0 Å². The number of amides is 1. The van der Waals surface area contributed by atoms with Gasteiger partial charge in [0.2, 0.25) is 5.95 Å². The minimum Gasteiger partial charge on any atom is -0.351 e. The van der Waals surface area contributed by atoms with E-state index in [1.807, 2.05) is 26.0 Å². The van der Waals surface area contributed by atoms with Crippen molar-refractivity contribution in [1.82, 2.24) is 15.3 Å². The summed E-state index contributed by atoms with van der Waals surface area (Å²) in [5.41, 5.74) is 2.39. The molecule has 28 heavy (non-hydrogen) atoms. The van der Waals surface area contributed by atoms with Gasteiger partial charge in [-0.1, -0.05) is 38.3 Å². The highest BCUT2D eigenvalue weighted by Gasteiger charge is 2.19. The third-order valence-corrected chi connectivity index (χ3v) is 5.25. The van der Waals surface area contributed by atoms with E-state index in [9.17, 15) is 4.79 Å². The number of carbonyl (C=O) groups excluding carboxylic acids is 1. The molecular weight excluding hydrogens is 350 g/mol. The fourth-order valence-corrected chi connectivity index (χ4v) is 3.37. The molecule has 1 aromatic carbocycles. The zero-order valence-electron chi connectivity index (χ0n) is 16.5. The van der Waals surface area contributed by atoms with Crippen molar-refractivity contribution in [3.63, 3.8) is 0 Å². The van der Waals surface area contributed by atoms with Gasteiger partial charge in [0.25, 0.3) is 5.91 Å². The lowest BCUT2D eigenvalue weighted by atomic mass is 9.96. The molecule has 2 aromatic rings. The van der Waals surface area contributed by atoms with E-state index in [-0.39, 0.29) is 11.9 Å². The van der Waals surface area contributed by atoms with Crippen molar-refractivity contribution in [2.75, 3.05) is 5.32 Å². The first kappa shape index (κ1) is 19.8. The van der Waals surface area contributed by atoms with E-state index >= 15 is 0 Å². The predicted octanol–water partition coefficient (Wildman–Crippen LogP) is 4.29. The third kappa shape index (κ3) is 4.86. The smallest absolute Gasteiger partial charge is 0.255 e. The second-order valence-corrected chi connectivity index (χ2v) is 7.41. The zero-order chi connectivity index (χ0) is 19.9. The molecule has 3 rings (SSSR count). The quantitative estimate of drug-likeness (QED) is 0.784. The van der Waals surface area contributed by atoms with Gasteiger partial charge >= 0.3 is 0 Å². The van der Waals surface area contributed by atoms with E-state index in [2.05, 4.69) is 26.7 Å². The van der Waals surface area contributed by atoms with Crippen LogP contribution in [0.25, 0.3) is 11.3 Å². The molecule has 146 valence electrons. The first-order valence-electron chi connectivity index (χ1n) is 10.1. The topological polar surface area (TPSA) is 90.7 Å². The molecule has 1 fully saturated rings. The van der Waals surface area contributed by atoms with E-state index < -0.39 is 0 Å². The Bertz CT molecular complexity index is 850. The highest BCUT2D eigenvalue weighted by atomic mass is 16.1. The van der Waals surface area contributed by atoms with Crippen LogP contribution in [0.3, 0.4) is 0 Å². The number of aromatic nitrogens is 2. The summed E-state index contributed by atoms with van der Waals surface area (Å²) < 4.78 is 0. The van der Waals surface area contributed by atoms with Crippen LogP contribution in [-0.2, 0) is 0 Å². The van der Waals surface area contributed by atoms with Crippen LogP contribution in [-0.4, -0.2) is 28.0 Å². The van der Waals surface area contributed by atoms with Crippen molar-refractivity contribution in [3.05, 3.63) is 41.6 Å². The van der Waals surface area contributed by atoms with Gasteiger partial charge in [-0.15, -0.1) is 0 Å². The molecular formula is C22H27N5O. The average Bonchev–Trinajstić information content (AvgIpc) is 2.74. The SMILES string of the molecule is CCC(C)NC(=O)c1cnc(NC2CCCCC2)nc1-c1ccc(C#N)cc1. The number of nitrogens with zero attached hydrogens (tertiary/aromatic N) is 3. The Morgan fingerprint density at radius 1 is 1.25 bits per heavy atom. The summed E-state index contributed by atoms with van der Waals surface area (Å²) in [4.78, 5) is 21.9. The van der Waals surface area contributed by atoms with E-state index in [0.717, 1.165) is 24.8 Å². The molecule has 1 unspecified atom stereocenters. The van der Waals surface area contributed by atoms with Crippen molar-refractivity contribution < 1.29 is 4.79 Å². The van der Waals surface area contributed by atoms with Gasteiger partial charge in [0.1, 0.15) is 0 Å². The highest BCUT2D eigenvalue weighted by molar-refractivity contribution is 6.00. The lowest BCUT2D eigenvalue weighted by molar-refractivity contribution is 0.0939. The molecule has 6 nitrogen and oxygen atoms in total. The minimum atomic E-state index is -0.182. The molecule has 1 atom stereocenters. The number of nitrogens with one attached hydrogen (secondary N) is 2. The Morgan fingerprint density at radius 3 is 2.61 bits per heavy atom. The molecule has 1 saturated carbocycles. The fraction of sp³-hybridized carbons (Fsp3) is 0.455. The van der Waals surface area contributed by atoms with Crippen molar-refractivity contribution in [2.24, 2.45) is 0 Å². The molecule has 0 saturated heterocycles. The number of anilines is 1. The van der Waals surface area contributed by atoms with Gasteiger partial charge in [0.05, 0.1) is 22.9 Å². The van der Waals surface area contributed by atoms with Crippen LogP contribution < -0.4 is 10.6 Å². The number of hydrogen-bond acceptors (Lipinski definition) is 5. The summed E-state index contributed by atoms with van der Waals surface area (Å²) in [6.45, 7) is 4.00. The Balaban J connectivity index is 1.93. The Labute approximate surface area is 166 Å². The number of carbonyl (C=O) groups is 1. The second-order valence-electron chi connectivity index (χ2n) is 7.41. The second kappa shape index (κ2) is 9.32. The van der Waals surface area contributed by atoms with Crippen LogP contribution >= 0.6 is 0 Å². The van der Waals surface area contributed by atoms with Gasteiger partial charge in [-0.3, -0.25) is 4.79 Å². The Morgan fingerprint density at radius 2 is 1.96 bits per heavy atom. The minimum absolute atomic E-state index is 0.0707. The zero-order valence-corrected chi connectivity index (χ0v) is 16.5. The largest absolute Gasteiger partial charge is 0.351 e. The number of benzene rings is 1. The molecule has 6 heteroatoms. The molecule has 1 amide bonds. The molecule has 1 aliphatic rings. The number of hydrogen-bond donors (Lipinski definition) is 2. The maximum absolute atomic E-state index is 12.8. The van der Waals surface area contributed by atoms with Gasteiger partial charge in [-0.25, -0.2) is 9.97 Å². The van der Waals surface area contributed by atoms with E-state index in [1.165, 1.54) is 19.3 Å². The number of rotatable bonds is 6.